The topological polar surface area (TPSA) is 29.5 Å². The molecule has 1 heterocycles. The number of amides is 1. The van der Waals surface area contributed by atoms with Gasteiger partial charge in [0.2, 0.25) is 0 Å². The molecule has 0 unspecified atom stereocenters. The predicted octanol–water partition coefficient (Wildman–Crippen LogP) is 2.92. The first-order chi connectivity index (χ1) is 6.44. The van der Waals surface area contributed by atoms with E-state index in [0.717, 1.165) is 12.8 Å². The molecule has 0 aromatic heterocycles. The highest BCUT2D eigenvalue weighted by Crippen LogP contribution is 2.20. The van der Waals surface area contributed by atoms with Gasteiger partial charge in [-0.15, -0.1) is 0 Å². The van der Waals surface area contributed by atoms with E-state index in [1.165, 1.54) is 0 Å². The van der Waals surface area contributed by atoms with Crippen molar-refractivity contribution in [1.29, 1.82) is 0 Å². The van der Waals surface area contributed by atoms with Gasteiger partial charge in [0.1, 0.15) is 5.60 Å². The number of ether oxygens (including phenoxy) is 1. The van der Waals surface area contributed by atoms with Gasteiger partial charge >= 0.3 is 6.09 Å². The van der Waals surface area contributed by atoms with Crippen molar-refractivity contribution < 1.29 is 9.53 Å². The van der Waals surface area contributed by atoms with Crippen molar-refractivity contribution in [3.8, 4) is 0 Å². The third-order valence-corrected chi connectivity index (χ3v) is 2.14. The summed E-state index contributed by atoms with van der Waals surface area (Å²) >= 11 is 0. The van der Waals surface area contributed by atoms with Crippen LogP contribution >= 0.6 is 0 Å². The molecule has 0 N–H and O–H groups in total. The molecule has 0 radical (unpaired) electrons. The summed E-state index contributed by atoms with van der Waals surface area (Å²) in [5.41, 5.74) is -0.411. The van der Waals surface area contributed by atoms with Gasteiger partial charge in [0.15, 0.2) is 0 Å². The lowest BCUT2D eigenvalue weighted by atomic mass is 10.2. The Morgan fingerprint density at radius 3 is 2.71 bits per heavy atom. The quantitative estimate of drug-likeness (QED) is 0.646. The van der Waals surface area contributed by atoms with E-state index in [0.29, 0.717) is 0 Å². The Bertz CT molecular complexity index is 240. The summed E-state index contributed by atoms with van der Waals surface area (Å²) < 4.78 is 5.29. The van der Waals surface area contributed by atoms with E-state index < -0.39 is 5.60 Å². The predicted molar refractivity (Wildman–Crippen MR) is 55.9 cm³/mol. The molecule has 14 heavy (non-hydrogen) atoms. The maximum absolute atomic E-state index is 11.7. The molecule has 0 fully saturated rings. The van der Waals surface area contributed by atoms with Gasteiger partial charge in [-0.1, -0.05) is 13.0 Å². The minimum absolute atomic E-state index is 0.238. The molecule has 1 aliphatic rings. The summed E-state index contributed by atoms with van der Waals surface area (Å²) in [4.78, 5) is 13.4. The Hall–Kier alpha value is -0.990. The van der Waals surface area contributed by atoms with Crippen LogP contribution in [0, 0.1) is 0 Å². The van der Waals surface area contributed by atoms with Crippen LogP contribution < -0.4 is 0 Å². The molecular formula is C11H19NO2. The number of carbonyl (C=O) groups excluding carboxylic acids is 1. The molecule has 0 aliphatic carbocycles. The van der Waals surface area contributed by atoms with Gasteiger partial charge in [-0.05, 0) is 33.6 Å². The minimum atomic E-state index is -0.411. The summed E-state index contributed by atoms with van der Waals surface area (Å²) in [7, 11) is 0. The number of nitrogens with zero attached hydrogens (tertiary/aromatic N) is 1. The third-order valence-electron chi connectivity index (χ3n) is 2.14. The van der Waals surface area contributed by atoms with Crippen molar-refractivity contribution >= 4 is 6.09 Å². The highest BCUT2D eigenvalue weighted by Gasteiger charge is 2.27. The van der Waals surface area contributed by atoms with E-state index in [4.69, 9.17) is 4.74 Å². The Morgan fingerprint density at radius 1 is 1.57 bits per heavy atom. The largest absolute Gasteiger partial charge is 0.443 e. The molecule has 0 saturated carbocycles. The molecule has 3 nitrogen and oxygen atoms in total. The van der Waals surface area contributed by atoms with Crippen molar-refractivity contribution in [2.75, 3.05) is 0 Å². The highest BCUT2D eigenvalue weighted by molar-refractivity contribution is 5.70. The second-order valence-corrected chi connectivity index (χ2v) is 4.57. The molecule has 1 rings (SSSR count). The summed E-state index contributed by atoms with van der Waals surface area (Å²) in [5, 5.41) is 0. The van der Waals surface area contributed by atoms with Crippen LogP contribution in [0.5, 0.6) is 0 Å². The SMILES string of the molecule is CC[C@@H]1CC=CN1C(=O)OC(C)(C)C. The van der Waals surface area contributed by atoms with E-state index in [9.17, 15) is 4.79 Å². The average molecular weight is 197 g/mol. The van der Waals surface area contributed by atoms with Crippen LogP contribution in [0.4, 0.5) is 4.79 Å². The zero-order chi connectivity index (χ0) is 10.8. The van der Waals surface area contributed by atoms with Crippen LogP contribution in [0.1, 0.15) is 40.5 Å². The van der Waals surface area contributed by atoms with Crippen LogP contribution in [0.2, 0.25) is 0 Å². The third kappa shape index (κ3) is 2.76. The summed E-state index contributed by atoms with van der Waals surface area (Å²) in [6.07, 6.45) is 5.50. The van der Waals surface area contributed by atoms with Gasteiger partial charge in [-0.2, -0.15) is 0 Å². The zero-order valence-corrected chi connectivity index (χ0v) is 9.41. The molecule has 0 spiro atoms. The first-order valence-electron chi connectivity index (χ1n) is 5.12. The van der Waals surface area contributed by atoms with E-state index in [-0.39, 0.29) is 12.1 Å². The van der Waals surface area contributed by atoms with Gasteiger partial charge in [-0.3, -0.25) is 4.90 Å². The Morgan fingerprint density at radius 2 is 2.21 bits per heavy atom. The van der Waals surface area contributed by atoms with Crippen LogP contribution in [0.3, 0.4) is 0 Å². The summed E-state index contributed by atoms with van der Waals surface area (Å²) in [5.74, 6) is 0. The normalized spacial score (nSPS) is 21.4. The van der Waals surface area contributed by atoms with Gasteiger partial charge in [-0.25, -0.2) is 4.79 Å². The first kappa shape index (κ1) is 11.1. The maximum atomic E-state index is 11.7. The van der Waals surface area contributed by atoms with Crippen molar-refractivity contribution in [2.45, 2.75) is 52.2 Å². The van der Waals surface area contributed by atoms with Crippen molar-refractivity contribution in [1.82, 2.24) is 4.90 Å². The zero-order valence-electron chi connectivity index (χ0n) is 9.41. The lowest BCUT2D eigenvalue weighted by Crippen LogP contribution is -2.37. The van der Waals surface area contributed by atoms with Crippen molar-refractivity contribution in [3.63, 3.8) is 0 Å². The smallest absolute Gasteiger partial charge is 0.414 e. The van der Waals surface area contributed by atoms with Gasteiger partial charge < -0.3 is 4.74 Å². The standard InChI is InChI=1S/C11H19NO2/c1-5-9-7-6-8-12(9)10(13)14-11(2,3)4/h6,8-9H,5,7H2,1-4H3/t9-/m1/s1. The summed E-state index contributed by atoms with van der Waals surface area (Å²) in [6, 6.07) is 0.282. The Balaban J connectivity index is 2.56. The van der Waals surface area contributed by atoms with Gasteiger partial charge in [0, 0.05) is 12.2 Å². The fraction of sp³-hybridized carbons (Fsp3) is 0.727. The molecule has 3 heteroatoms. The van der Waals surface area contributed by atoms with Crippen molar-refractivity contribution in [2.24, 2.45) is 0 Å². The van der Waals surface area contributed by atoms with E-state index in [1.54, 1.807) is 4.90 Å². The van der Waals surface area contributed by atoms with Gasteiger partial charge in [0.25, 0.3) is 0 Å². The molecular weight excluding hydrogens is 178 g/mol. The average Bonchev–Trinajstić information content (AvgIpc) is 2.47. The molecule has 0 aromatic carbocycles. The van der Waals surface area contributed by atoms with Crippen LogP contribution in [0.25, 0.3) is 0 Å². The molecule has 0 aromatic rings. The monoisotopic (exact) mass is 197 g/mol. The van der Waals surface area contributed by atoms with Crippen LogP contribution in [0.15, 0.2) is 12.3 Å². The molecule has 1 amide bonds. The van der Waals surface area contributed by atoms with Crippen molar-refractivity contribution in [3.05, 3.63) is 12.3 Å². The molecule has 0 saturated heterocycles. The minimum Gasteiger partial charge on any atom is -0.443 e. The van der Waals surface area contributed by atoms with E-state index in [1.807, 2.05) is 33.0 Å². The fourth-order valence-electron chi connectivity index (χ4n) is 1.45. The van der Waals surface area contributed by atoms with E-state index in [2.05, 4.69) is 6.92 Å². The van der Waals surface area contributed by atoms with Crippen LogP contribution in [-0.2, 0) is 4.74 Å². The number of hydrogen-bond acceptors (Lipinski definition) is 2. The Labute approximate surface area is 85.7 Å². The van der Waals surface area contributed by atoms with E-state index >= 15 is 0 Å². The number of hydrogen-bond donors (Lipinski definition) is 0. The molecule has 1 aliphatic heterocycles. The highest BCUT2D eigenvalue weighted by atomic mass is 16.6. The fourth-order valence-corrected chi connectivity index (χ4v) is 1.45. The first-order valence-corrected chi connectivity index (χ1v) is 5.12. The maximum Gasteiger partial charge on any atom is 0.414 e. The number of rotatable bonds is 1. The molecule has 1 atom stereocenters. The van der Waals surface area contributed by atoms with Gasteiger partial charge in [0.05, 0.1) is 0 Å². The Kier molecular flexibility index (Phi) is 3.19. The lowest BCUT2D eigenvalue weighted by molar-refractivity contribution is 0.0285. The summed E-state index contributed by atoms with van der Waals surface area (Å²) in [6.45, 7) is 7.72. The number of carbonyl (C=O) groups is 1. The molecule has 80 valence electrons. The van der Waals surface area contributed by atoms with Crippen LogP contribution in [-0.4, -0.2) is 22.6 Å². The molecule has 0 bridgehead atoms. The lowest BCUT2D eigenvalue weighted by Gasteiger charge is -2.27. The second-order valence-electron chi connectivity index (χ2n) is 4.57. The second kappa shape index (κ2) is 4.03.